The molecule has 108 valence electrons. The van der Waals surface area contributed by atoms with Gasteiger partial charge in [0.15, 0.2) is 0 Å². The molecule has 1 aliphatic carbocycles. The van der Waals surface area contributed by atoms with Gasteiger partial charge in [0.1, 0.15) is 0 Å². The molecule has 1 fully saturated rings. The van der Waals surface area contributed by atoms with Crippen molar-refractivity contribution in [2.24, 2.45) is 11.7 Å². The summed E-state index contributed by atoms with van der Waals surface area (Å²) in [7, 11) is 1.57. The van der Waals surface area contributed by atoms with E-state index in [4.69, 9.17) is 5.73 Å². The normalized spacial score (nSPS) is 22.1. The average Bonchev–Trinajstić information content (AvgIpc) is 2.47. The van der Waals surface area contributed by atoms with Crippen molar-refractivity contribution < 1.29 is 9.59 Å². The first-order valence-electron chi connectivity index (χ1n) is 6.99. The number of anilines is 1. The Morgan fingerprint density at radius 1 is 1.25 bits per heavy atom. The summed E-state index contributed by atoms with van der Waals surface area (Å²) < 4.78 is 0. The molecule has 0 spiro atoms. The van der Waals surface area contributed by atoms with Crippen LogP contribution in [0.25, 0.3) is 0 Å². The van der Waals surface area contributed by atoms with Gasteiger partial charge in [0, 0.05) is 19.0 Å². The van der Waals surface area contributed by atoms with Gasteiger partial charge in [-0.3, -0.25) is 9.59 Å². The zero-order valence-electron chi connectivity index (χ0n) is 11.7. The number of nitrogens with one attached hydrogen (secondary N) is 2. The highest BCUT2D eigenvalue weighted by atomic mass is 16.2. The van der Waals surface area contributed by atoms with Gasteiger partial charge in [0.2, 0.25) is 5.91 Å². The first-order valence-corrected chi connectivity index (χ1v) is 6.99. The zero-order chi connectivity index (χ0) is 14.5. The monoisotopic (exact) mass is 275 g/mol. The Kier molecular flexibility index (Phi) is 4.74. The molecule has 0 aliphatic heterocycles. The number of benzene rings is 1. The maximum atomic E-state index is 12.3. The van der Waals surface area contributed by atoms with Crippen LogP contribution in [-0.2, 0) is 4.79 Å². The molecular weight excluding hydrogens is 254 g/mol. The van der Waals surface area contributed by atoms with Gasteiger partial charge in [-0.2, -0.15) is 0 Å². The number of rotatable bonds is 3. The van der Waals surface area contributed by atoms with Gasteiger partial charge >= 0.3 is 0 Å². The van der Waals surface area contributed by atoms with Gasteiger partial charge in [-0.15, -0.1) is 0 Å². The number of nitrogens with two attached hydrogens (primary N) is 1. The second kappa shape index (κ2) is 6.52. The van der Waals surface area contributed by atoms with Crippen molar-refractivity contribution in [3.8, 4) is 0 Å². The van der Waals surface area contributed by atoms with E-state index in [-0.39, 0.29) is 23.8 Å². The fraction of sp³-hybridized carbons (Fsp3) is 0.467. The minimum atomic E-state index is -0.207. The third kappa shape index (κ3) is 3.36. The molecule has 1 saturated carbocycles. The summed E-state index contributed by atoms with van der Waals surface area (Å²) in [5.74, 6) is -0.311. The smallest absolute Gasteiger partial charge is 0.253 e. The number of hydrogen-bond acceptors (Lipinski definition) is 3. The van der Waals surface area contributed by atoms with Crippen molar-refractivity contribution in [3.63, 3.8) is 0 Å². The van der Waals surface area contributed by atoms with E-state index in [9.17, 15) is 9.59 Å². The Morgan fingerprint density at radius 2 is 2.00 bits per heavy atom. The minimum absolute atomic E-state index is 0.0449. The molecule has 2 atom stereocenters. The Hall–Kier alpha value is -1.88. The molecule has 0 heterocycles. The largest absolute Gasteiger partial charge is 0.355 e. The van der Waals surface area contributed by atoms with Crippen LogP contribution in [0.2, 0.25) is 0 Å². The molecule has 0 aromatic heterocycles. The van der Waals surface area contributed by atoms with Gasteiger partial charge < -0.3 is 16.4 Å². The van der Waals surface area contributed by atoms with Crippen molar-refractivity contribution in [1.82, 2.24) is 5.32 Å². The number of hydrogen-bond donors (Lipinski definition) is 3. The lowest BCUT2D eigenvalue weighted by Gasteiger charge is -2.25. The molecule has 0 saturated heterocycles. The van der Waals surface area contributed by atoms with Gasteiger partial charge in [-0.05, 0) is 31.4 Å². The lowest BCUT2D eigenvalue weighted by Crippen LogP contribution is -2.34. The average molecular weight is 275 g/mol. The van der Waals surface area contributed by atoms with Crippen LogP contribution in [0, 0.1) is 5.92 Å². The van der Waals surface area contributed by atoms with Gasteiger partial charge in [-0.25, -0.2) is 0 Å². The lowest BCUT2D eigenvalue weighted by atomic mass is 9.85. The first kappa shape index (κ1) is 14.5. The summed E-state index contributed by atoms with van der Waals surface area (Å²) in [4.78, 5) is 24.0. The first-order chi connectivity index (χ1) is 9.61. The summed E-state index contributed by atoms with van der Waals surface area (Å²) in [6, 6.07) is 7.12. The van der Waals surface area contributed by atoms with Crippen molar-refractivity contribution in [2.45, 2.75) is 31.7 Å². The molecule has 0 radical (unpaired) electrons. The Balaban J connectivity index is 2.09. The maximum absolute atomic E-state index is 12.3. The van der Waals surface area contributed by atoms with Crippen LogP contribution in [-0.4, -0.2) is 24.9 Å². The van der Waals surface area contributed by atoms with E-state index >= 15 is 0 Å². The van der Waals surface area contributed by atoms with Gasteiger partial charge in [0.25, 0.3) is 5.91 Å². The third-order valence-corrected chi connectivity index (χ3v) is 3.74. The summed E-state index contributed by atoms with van der Waals surface area (Å²) in [6.45, 7) is 0. The van der Waals surface area contributed by atoms with Crippen LogP contribution in [0.5, 0.6) is 0 Å². The number of para-hydroxylation sites is 1. The van der Waals surface area contributed by atoms with E-state index in [1.807, 2.05) is 0 Å². The van der Waals surface area contributed by atoms with Crippen molar-refractivity contribution in [1.29, 1.82) is 0 Å². The molecule has 1 aromatic carbocycles. The van der Waals surface area contributed by atoms with Crippen LogP contribution < -0.4 is 16.4 Å². The predicted molar refractivity (Wildman–Crippen MR) is 78.4 cm³/mol. The molecular formula is C15H21N3O2. The van der Waals surface area contributed by atoms with Gasteiger partial charge in [0.05, 0.1) is 11.3 Å². The van der Waals surface area contributed by atoms with Crippen LogP contribution in [0.15, 0.2) is 24.3 Å². The molecule has 4 N–H and O–H groups in total. The van der Waals surface area contributed by atoms with Crippen LogP contribution in [0.3, 0.4) is 0 Å². The van der Waals surface area contributed by atoms with E-state index in [0.717, 1.165) is 19.3 Å². The highest BCUT2D eigenvalue weighted by Gasteiger charge is 2.26. The molecule has 1 aromatic rings. The summed E-state index contributed by atoms with van der Waals surface area (Å²) in [5, 5.41) is 5.43. The van der Waals surface area contributed by atoms with E-state index < -0.39 is 0 Å². The van der Waals surface area contributed by atoms with Crippen molar-refractivity contribution in [3.05, 3.63) is 29.8 Å². The molecule has 5 heteroatoms. The quantitative estimate of drug-likeness (QED) is 0.781. The second-order valence-corrected chi connectivity index (χ2v) is 5.24. The Bertz CT molecular complexity index is 502. The van der Waals surface area contributed by atoms with Crippen molar-refractivity contribution in [2.75, 3.05) is 12.4 Å². The lowest BCUT2D eigenvalue weighted by molar-refractivity contribution is -0.120. The van der Waals surface area contributed by atoms with E-state index in [2.05, 4.69) is 10.6 Å². The summed E-state index contributed by atoms with van der Waals surface area (Å²) in [6.07, 6.45) is 3.55. The molecule has 0 bridgehead atoms. The fourth-order valence-electron chi connectivity index (χ4n) is 2.63. The number of amides is 2. The Labute approximate surface area is 118 Å². The van der Waals surface area contributed by atoms with Crippen LogP contribution in [0.1, 0.15) is 36.0 Å². The van der Waals surface area contributed by atoms with Crippen LogP contribution >= 0.6 is 0 Å². The summed E-state index contributed by atoms with van der Waals surface area (Å²) >= 11 is 0. The minimum Gasteiger partial charge on any atom is -0.355 e. The topological polar surface area (TPSA) is 84.2 Å². The molecule has 20 heavy (non-hydrogen) atoms. The molecule has 1 aliphatic rings. The van der Waals surface area contributed by atoms with Crippen LogP contribution in [0.4, 0.5) is 5.69 Å². The standard InChI is InChI=1S/C15H21N3O2/c1-17-15(20)12-7-2-3-8-13(12)18-14(19)10-5-4-6-11(16)9-10/h2-3,7-8,10-11H,4-6,9,16H2,1H3,(H,17,20)(H,18,19). The summed E-state index contributed by atoms with van der Waals surface area (Å²) in [5.41, 5.74) is 6.94. The van der Waals surface area contributed by atoms with Crippen molar-refractivity contribution >= 4 is 17.5 Å². The third-order valence-electron chi connectivity index (χ3n) is 3.74. The second-order valence-electron chi connectivity index (χ2n) is 5.24. The van der Waals surface area contributed by atoms with E-state index in [1.165, 1.54) is 0 Å². The maximum Gasteiger partial charge on any atom is 0.253 e. The Morgan fingerprint density at radius 3 is 2.70 bits per heavy atom. The molecule has 5 nitrogen and oxygen atoms in total. The predicted octanol–water partition coefficient (Wildman–Crippen LogP) is 1.50. The molecule has 2 rings (SSSR count). The highest BCUT2D eigenvalue weighted by molar-refractivity contribution is 6.04. The zero-order valence-corrected chi connectivity index (χ0v) is 11.7. The highest BCUT2D eigenvalue weighted by Crippen LogP contribution is 2.25. The number of carbonyl (C=O) groups excluding carboxylic acids is 2. The van der Waals surface area contributed by atoms with E-state index in [0.29, 0.717) is 17.7 Å². The van der Waals surface area contributed by atoms with Gasteiger partial charge in [-0.1, -0.05) is 18.6 Å². The SMILES string of the molecule is CNC(=O)c1ccccc1NC(=O)C1CCCC(N)C1. The molecule has 2 amide bonds. The number of carbonyl (C=O) groups is 2. The fourth-order valence-corrected chi connectivity index (χ4v) is 2.63. The molecule has 2 unspecified atom stereocenters. The van der Waals surface area contributed by atoms with E-state index in [1.54, 1.807) is 31.3 Å².